The first-order valence-corrected chi connectivity index (χ1v) is 8.32. The maximum Gasteiger partial charge on any atom is 0.254 e. The van der Waals surface area contributed by atoms with E-state index in [4.69, 9.17) is 0 Å². The van der Waals surface area contributed by atoms with Crippen LogP contribution in [0.15, 0.2) is 30.6 Å². The molecule has 0 saturated carbocycles. The summed E-state index contributed by atoms with van der Waals surface area (Å²) in [5, 5.41) is 23.1. The Morgan fingerprint density at radius 3 is 2.31 bits per heavy atom. The van der Waals surface area contributed by atoms with Crippen molar-refractivity contribution in [1.29, 1.82) is 10.5 Å². The Labute approximate surface area is 150 Å². The lowest BCUT2D eigenvalue weighted by molar-refractivity contribution is 0.637. The molecule has 0 spiro atoms. The van der Waals surface area contributed by atoms with Crippen LogP contribution < -0.4 is 9.80 Å². The quantitative estimate of drug-likeness (QED) is 0.695. The molecule has 128 valence electrons. The maximum absolute atomic E-state index is 9.40. The van der Waals surface area contributed by atoms with Crippen molar-refractivity contribution in [3.63, 3.8) is 0 Å². The molecule has 0 aliphatic carbocycles. The fourth-order valence-electron chi connectivity index (χ4n) is 3.36. The second-order valence-corrected chi connectivity index (χ2v) is 6.13. The second kappa shape index (κ2) is 6.34. The molecule has 3 heterocycles. The van der Waals surface area contributed by atoms with Crippen molar-refractivity contribution in [2.75, 3.05) is 36.0 Å². The number of piperazine rings is 1. The fourth-order valence-corrected chi connectivity index (χ4v) is 3.36. The van der Waals surface area contributed by atoms with Gasteiger partial charge in [0.1, 0.15) is 24.3 Å². The Kier molecular flexibility index (Phi) is 3.86. The smallest absolute Gasteiger partial charge is 0.254 e. The van der Waals surface area contributed by atoms with Crippen LogP contribution in [0.4, 0.5) is 11.5 Å². The summed E-state index contributed by atoms with van der Waals surface area (Å²) in [6.45, 7) is 4.87. The number of nitriles is 2. The Balaban J connectivity index is 1.62. The molecule has 1 aromatic carbocycles. The minimum absolute atomic E-state index is 0.538. The summed E-state index contributed by atoms with van der Waals surface area (Å²) >= 11 is 0. The number of anilines is 2. The highest BCUT2D eigenvalue weighted by Crippen LogP contribution is 2.27. The highest BCUT2D eigenvalue weighted by molar-refractivity contribution is 5.68. The summed E-state index contributed by atoms with van der Waals surface area (Å²) in [7, 11) is 0. The van der Waals surface area contributed by atoms with Crippen LogP contribution in [0.1, 0.15) is 16.8 Å². The summed E-state index contributed by atoms with van der Waals surface area (Å²) in [5.41, 5.74) is 2.70. The topological polar surface area (TPSA) is 97.1 Å². The van der Waals surface area contributed by atoms with E-state index in [1.807, 2.05) is 13.0 Å². The number of aromatic nitrogens is 4. The lowest BCUT2D eigenvalue weighted by atomic mass is 10.1. The molecule has 0 N–H and O–H groups in total. The molecule has 0 amide bonds. The van der Waals surface area contributed by atoms with E-state index < -0.39 is 0 Å². The van der Waals surface area contributed by atoms with Gasteiger partial charge in [-0.15, -0.1) is 0 Å². The molecule has 8 heteroatoms. The molecule has 1 aliphatic heterocycles. The van der Waals surface area contributed by atoms with Crippen LogP contribution in [0, 0.1) is 29.6 Å². The summed E-state index contributed by atoms with van der Waals surface area (Å²) < 4.78 is 1.74. The van der Waals surface area contributed by atoms with E-state index in [0.29, 0.717) is 30.0 Å². The highest BCUT2D eigenvalue weighted by Gasteiger charge is 2.23. The fraction of sp³-hybridized carbons (Fsp3) is 0.278. The average molecular weight is 344 g/mol. The summed E-state index contributed by atoms with van der Waals surface area (Å²) in [5.74, 6) is 1.54. The zero-order chi connectivity index (χ0) is 18.1. The lowest BCUT2D eigenvalue weighted by Gasteiger charge is -2.37. The first-order chi connectivity index (χ1) is 12.7. The standard InChI is InChI=1S/C18H16N8/c1-13-9-16(26-18(23-13)21-12-22-26)24-5-7-25(8-6-24)17-14(10-19)3-2-4-15(17)11-20/h2-4,9,12H,5-8H2,1H3. The highest BCUT2D eigenvalue weighted by atomic mass is 15.4. The predicted molar refractivity (Wildman–Crippen MR) is 95.8 cm³/mol. The predicted octanol–water partition coefficient (Wildman–Crippen LogP) is 1.50. The van der Waals surface area contributed by atoms with E-state index in [2.05, 4.69) is 37.0 Å². The summed E-state index contributed by atoms with van der Waals surface area (Å²) in [4.78, 5) is 12.9. The molecular weight excluding hydrogens is 328 g/mol. The van der Waals surface area contributed by atoms with Gasteiger partial charge in [0.25, 0.3) is 5.78 Å². The maximum atomic E-state index is 9.40. The van der Waals surface area contributed by atoms with Crippen LogP contribution in [0.2, 0.25) is 0 Å². The van der Waals surface area contributed by atoms with Gasteiger partial charge in [-0.1, -0.05) is 6.07 Å². The van der Waals surface area contributed by atoms with Gasteiger partial charge in [0, 0.05) is 37.9 Å². The Hall–Kier alpha value is -3.65. The van der Waals surface area contributed by atoms with Crippen molar-refractivity contribution < 1.29 is 0 Å². The molecular formula is C18H16N8. The minimum atomic E-state index is 0.538. The summed E-state index contributed by atoms with van der Waals surface area (Å²) in [6.07, 6.45) is 1.50. The molecule has 26 heavy (non-hydrogen) atoms. The molecule has 0 unspecified atom stereocenters. The van der Waals surface area contributed by atoms with Gasteiger partial charge in [-0.25, -0.2) is 4.98 Å². The van der Waals surface area contributed by atoms with E-state index in [1.165, 1.54) is 6.33 Å². The van der Waals surface area contributed by atoms with Crippen LogP contribution in [0.3, 0.4) is 0 Å². The van der Waals surface area contributed by atoms with Gasteiger partial charge in [-0.2, -0.15) is 25.1 Å². The van der Waals surface area contributed by atoms with E-state index in [1.54, 1.807) is 22.7 Å². The number of rotatable bonds is 2. The number of hydrogen-bond acceptors (Lipinski definition) is 7. The first kappa shape index (κ1) is 15.9. The third-order valence-electron chi connectivity index (χ3n) is 4.56. The van der Waals surface area contributed by atoms with Gasteiger partial charge >= 0.3 is 0 Å². The number of fused-ring (bicyclic) bond motifs is 1. The van der Waals surface area contributed by atoms with Crippen LogP contribution in [-0.2, 0) is 0 Å². The van der Waals surface area contributed by atoms with Crippen molar-refractivity contribution in [3.05, 3.63) is 47.4 Å². The third-order valence-corrected chi connectivity index (χ3v) is 4.56. The zero-order valence-electron chi connectivity index (χ0n) is 14.3. The molecule has 4 rings (SSSR count). The molecule has 2 aromatic heterocycles. The molecule has 0 radical (unpaired) electrons. The SMILES string of the molecule is Cc1cc(N2CCN(c3c(C#N)cccc3C#N)CC2)n2ncnc2n1. The second-order valence-electron chi connectivity index (χ2n) is 6.13. The van der Waals surface area contributed by atoms with Crippen LogP contribution in [0.25, 0.3) is 5.78 Å². The number of nitrogens with zero attached hydrogens (tertiary/aromatic N) is 8. The largest absolute Gasteiger partial charge is 0.366 e. The Bertz CT molecular complexity index is 1010. The van der Waals surface area contributed by atoms with Crippen LogP contribution in [-0.4, -0.2) is 45.8 Å². The van der Waals surface area contributed by atoms with Gasteiger partial charge in [-0.3, -0.25) is 0 Å². The molecule has 0 bridgehead atoms. The van der Waals surface area contributed by atoms with E-state index in [0.717, 1.165) is 30.3 Å². The van der Waals surface area contributed by atoms with Gasteiger partial charge in [0.2, 0.25) is 0 Å². The summed E-state index contributed by atoms with van der Waals surface area (Å²) in [6, 6.07) is 11.7. The number of para-hydroxylation sites is 1. The van der Waals surface area contributed by atoms with Crippen molar-refractivity contribution in [2.45, 2.75) is 6.92 Å². The number of benzene rings is 1. The lowest BCUT2D eigenvalue weighted by Crippen LogP contribution is -2.47. The van der Waals surface area contributed by atoms with E-state index in [9.17, 15) is 10.5 Å². The normalized spacial score (nSPS) is 14.3. The molecule has 1 fully saturated rings. The molecule has 0 atom stereocenters. The van der Waals surface area contributed by atoms with Gasteiger partial charge < -0.3 is 9.80 Å². The number of aryl methyl sites for hydroxylation is 1. The zero-order valence-corrected chi connectivity index (χ0v) is 14.3. The molecule has 8 nitrogen and oxygen atoms in total. The third kappa shape index (κ3) is 2.58. The molecule has 1 saturated heterocycles. The molecule has 3 aromatic rings. The van der Waals surface area contributed by atoms with E-state index in [-0.39, 0.29) is 0 Å². The minimum Gasteiger partial charge on any atom is -0.366 e. The monoisotopic (exact) mass is 344 g/mol. The van der Waals surface area contributed by atoms with Crippen molar-refractivity contribution in [2.24, 2.45) is 0 Å². The van der Waals surface area contributed by atoms with Crippen molar-refractivity contribution in [1.82, 2.24) is 19.6 Å². The van der Waals surface area contributed by atoms with Crippen LogP contribution in [0.5, 0.6) is 0 Å². The average Bonchev–Trinajstić information content (AvgIpc) is 3.15. The molecule has 1 aliphatic rings. The van der Waals surface area contributed by atoms with Crippen molar-refractivity contribution >= 4 is 17.3 Å². The van der Waals surface area contributed by atoms with Gasteiger partial charge in [-0.05, 0) is 19.1 Å². The van der Waals surface area contributed by atoms with Gasteiger partial charge in [0.05, 0.1) is 16.8 Å². The van der Waals surface area contributed by atoms with Crippen LogP contribution >= 0.6 is 0 Å². The number of hydrogen-bond donors (Lipinski definition) is 0. The first-order valence-electron chi connectivity index (χ1n) is 8.32. The van der Waals surface area contributed by atoms with E-state index >= 15 is 0 Å². The van der Waals surface area contributed by atoms with Gasteiger partial charge in [0.15, 0.2) is 0 Å². The Morgan fingerprint density at radius 2 is 1.65 bits per heavy atom. The Morgan fingerprint density at radius 1 is 1.00 bits per heavy atom. The van der Waals surface area contributed by atoms with Crippen molar-refractivity contribution in [3.8, 4) is 12.1 Å².